The van der Waals surface area contributed by atoms with Crippen LogP contribution in [-0.2, 0) is 23.0 Å². The number of hydrazine groups is 1. The van der Waals surface area contributed by atoms with E-state index in [0.29, 0.717) is 48.1 Å². The van der Waals surface area contributed by atoms with Gasteiger partial charge in [-0.1, -0.05) is 35.9 Å². The van der Waals surface area contributed by atoms with Crippen LogP contribution in [0.4, 0.5) is 23.3 Å². The fourth-order valence-electron chi connectivity index (χ4n) is 4.20. The molecule has 32 heavy (non-hydrogen) atoms. The first-order valence-electron chi connectivity index (χ1n) is 10.5. The van der Waals surface area contributed by atoms with Gasteiger partial charge in [0.25, 0.3) is 10.0 Å². The van der Waals surface area contributed by atoms with Crippen molar-refractivity contribution < 1.29 is 8.42 Å². The highest BCUT2D eigenvalue weighted by Crippen LogP contribution is 2.33. The number of hydrogen-bond donors (Lipinski definition) is 4. The Labute approximate surface area is 187 Å². The summed E-state index contributed by atoms with van der Waals surface area (Å²) in [5, 5.41) is 3.49. The van der Waals surface area contributed by atoms with E-state index >= 15 is 0 Å². The molecule has 0 bridgehead atoms. The SMILES string of the molecule is Cc1ccc(S(=O)(=O)N2CCC(Nc3nc(N)nc4c3CNN4)Cc3ccccc32)cc1. The Bertz CT molecular complexity index is 1260. The van der Waals surface area contributed by atoms with Crippen molar-refractivity contribution in [3.63, 3.8) is 0 Å². The number of nitrogen functional groups attached to an aromatic ring is 1. The van der Waals surface area contributed by atoms with E-state index in [0.717, 1.165) is 16.7 Å². The number of benzene rings is 2. The zero-order valence-electron chi connectivity index (χ0n) is 17.7. The van der Waals surface area contributed by atoms with Crippen molar-refractivity contribution in [2.75, 3.05) is 27.3 Å². The second kappa shape index (κ2) is 7.95. The van der Waals surface area contributed by atoms with E-state index in [1.807, 2.05) is 43.3 Å². The van der Waals surface area contributed by atoms with E-state index in [2.05, 4.69) is 26.1 Å². The minimum atomic E-state index is -3.69. The van der Waals surface area contributed by atoms with E-state index in [-0.39, 0.29) is 12.0 Å². The second-order valence-corrected chi connectivity index (χ2v) is 9.95. The number of anilines is 4. The van der Waals surface area contributed by atoms with E-state index in [4.69, 9.17) is 5.73 Å². The molecule has 2 aromatic carbocycles. The summed E-state index contributed by atoms with van der Waals surface area (Å²) in [7, 11) is -3.69. The zero-order chi connectivity index (χ0) is 22.3. The van der Waals surface area contributed by atoms with Gasteiger partial charge in [-0.2, -0.15) is 9.97 Å². The molecule has 0 amide bonds. The van der Waals surface area contributed by atoms with Crippen molar-refractivity contribution in [3.05, 3.63) is 65.2 Å². The highest BCUT2D eigenvalue weighted by atomic mass is 32.2. The number of aromatic nitrogens is 2. The Morgan fingerprint density at radius 1 is 1.12 bits per heavy atom. The number of hydrogen-bond acceptors (Lipinski definition) is 8. The summed E-state index contributed by atoms with van der Waals surface area (Å²) in [6.07, 6.45) is 1.27. The van der Waals surface area contributed by atoms with E-state index in [1.165, 1.54) is 4.31 Å². The Morgan fingerprint density at radius 3 is 2.72 bits per heavy atom. The molecule has 5 rings (SSSR count). The number of para-hydroxylation sites is 1. The molecule has 0 aliphatic carbocycles. The Balaban J connectivity index is 1.47. The van der Waals surface area contributed by atoms with Crippen LogP contribution in [0.5, 0.6) is 0 Å². The van der Waals surface area contributed by atoms with Crippen molar-refractivity contribution in [1.29, 1.82) is 0 Å². The molecule has 2 aliphatic heterocycles. The summed E-state index contributed by atoms with van der Waals surface area (Å²) in [4.78, 5) is 8.90. The molecule has 5 N–H and O–H groups in total. The number of nitrogens with zero attached hydrogens (tertiary/aromatic N) is 3. The van der Waals surface area contributed by atoms with Gasteiger partial charge in [-0.3, -0.25) is 4.31 Å². The van der Waals surface area contributed by atoms with Gasteiger partial charge in [0, 0.05) is 19.1 Å². The molecule has 0 fully saturated rings. The van der Waals surface area contributed by atoms with Gasteiger partial charge in [0.2, 0.25) is 5.95 Å². The molecule has 0 spiro atoms. The smallest absolute Gasteiger partial charge is 0.264 e. The predicted molar refractivity (Wildman–Crippen MR) is 125 cm³/mol. The predicted octanol–water partition coefficient (Wildman–Crippen LogP) is 2.42. The third-order valence-electron chi connectivity index (χ3n) is 5.85. The minimum Gasteiger partial charge on any atom is -0.368 e. The third-order valence-corrected chi connectivity index (χ3v) is 7.68. The summed E-state index contributed by atoms with van der Waals surface area (Å²) in [5.74, 6) is 1.51. The van der Waals surface area contributed by atoms with E-state index < -0.39 is 10.0 Å². The maximum Gasteiger partial charge on any atom is 0.264 e. The molecule has 3 aromatic rings. The molecule has 1 atom stereocenters. The molecule has 0 saturated carbocycles. The summed E-state index contributed by atoms with van der Waals surface area (Å²) >= 11 is 0. The molecule has 0 radical (unpaired) electrons. The molecular formula is C22H25N7O2S. The average Bonchev–Trinajstić information content (AvgIpc) is 3.15. The molecule has 1 unspecified atom stereocenters. The standard InChI is InChI=1S/C22H25N7O2S/c1-14-6-8-17(9-7-14)32(30,31)29-11-10-16(12-15-4-2-3-5-19(15)29)25-20-18-13-24-28-21(18)27-22(23)26-20/h2-9,16,24H,10-13H2,1H3,(H4,23,25,26,27,28). The molecule has 2 aliphatic rings. The van der Waals surface area contributed by atoms with Crippen LogP contribution in [0.15, 0.2) is 53.4 Å². The number of fused-ring (bicyclic) bond motifs is 2. The van der Waals surface area contributed by atoms with Crippen molar-refractivity contribution >= 4 is 33.3 Å². The molecule has 9 nitrogen and oxygen atoms in total. The highest BCUT2D eigenvalue weighted by Gasteiger charge is 2.31. The van der Waals surface area contributed by atoms with Crippen molar-refractivity contribution in [2.24, 2.45) is 0 Å². The second-order valence-electron chi connectivity index (χ2n) is 8.09. The molecule has 1 aromatic heterocycles. The fourth-order valence-corrected chi connectivity index (χ4v) is 5.72. The first kappa shape index (κ1) is 20.5. The summed E-state index contributed by atoms with van der Waals surface area (Å²) in [5.41, 5.74) is 15.5. The highest BCUT2D eigenvalue weighted by molar-refractivity contribution is 7.92. The number of aryl methyl sites for hydroxylation is 1. The first-order valence-corrected chi connectivity index (χ1v) is 11.9. The van der Waals surface area contributed by atoms with Gasteiger partial charge in [-0.05, 0) is 43.5 Å². The third kappa shape index (κ3) is 3.71. The molecule has 10 heteroatoms. The van der Waals surface area contributed by atoms with Gasteiger partial charge in [0.1, 0.15) is 5.82 Å². The lowest BCUT2D eigenvalue weighted by Crippen LogP contribution is -2.33. The molecule has 0 saturated heterocycles. The largest absolute Gasteiger partial charge is 0.368 e. The lowest BCUT2D eigenvalue weighted by molar-refractivity contribution is 0.587. The average molecular weight is 452 g/mol. The lowest BCUT2D eigenvalue weighted by atomic mass is 10.0. The maximum atomic E-state index is 13.5. The molecular weight excluding hydrogens is 426 g/mol. The van der Waals surface area contributed by atoms with Crippen LogP contribution in [0.2, 0.25) is 0 Å². The first-order chi connectivity index (χ1) is 15.4. The van der Waals surface area contributed by atoms with Gasteiger partial charge in [-0.15, -0.1) is 0 Å². The summed E-state index contributed by atoms with van der Waals surface area (Å²) in [6, 6.07) is 14.6. The zero-order valence-corrected chi connectivity index (χ0v) is 18.5. The van der Waals surface area contributed by atoms with Crippen LogP contribution in [0.3, 0.4) is 0 Å². The Hall–Kier alpha value is -3.37. The molecule has 166 valence electrons. The van der Waals surface area contributed by atoms with Crippen LogP contribution < -0.4 is 26.2 Å². The van der Waals surface area contributed by atoms with Gasteiger partial charge < -0.3 is 16.5 Å². The van der Waals surface area contributed by atoms with Crippen molar-refractivity contribution in [2.45, 2.75) is 37.2 Å². The number of nitrogens with one attached hydrogen (secondary N) is 3. The van der Waals surface area contributed by atoms with Crippen molar-refractivity contribution in [1.82, 2.24) is 15.4 Å². The fraction of sp³-hybridized carbons (Fsp3) is 0.273. The van der Waals surface area contributed by atoms with Gasteiger partial charge in [0.05, 0.1) is 16.1 Å². The maximum absolute atomic E-state index is 13.5. The van der Waals surface area contributed by atoms with E-state index in [1.54, 1.807) is 12.1 Å². The Kier molecular flexibility index (Phi) is 5.10. The Morgan fingerprint density at radius 2 is 1.91 bits per heavy atom. The normalized spacial score (nSPS) is 17.8. The van der Waals surface area contributed by atoms with Crippen molar-refractivity contribution in [3.8, 4) is 0 Å². The topological polar surface area (TPSA) is 125 Å². The molecule has 3 heterocycles. The monoisotopic (exact) mass is 451 g/mol. The minimum absolute atomic E-state index is 0.0200. The number of rotatable bonds is 4. The summed E-state index contributed by atoms with van der Waals surface area (Å²) < 4.78 is 28.6. The number of nitrogens with two attached hydrogens (primary N) is 1. The van der Waals surface area contributed by atoms with E-state index in [9.17, 15) is 8.42 Å². The summed E-state index contributed by atoms with van der Waals surface area (Å²) in [6.45, 7) is 2.87. The van der Waals surface area contributed by atoms with Crippen LogP contribution in [0, 0.1) is 6.92 Å². The lowest BCUT2D eigenvalue weighted by Gasteiger charge is -2.24. The van der Waals surface area contributed by atoms with Crippen LogP contribution in [0.1, 0.15) is 23.1 Å². The quantitative estimate of drug-likeness (QED) is 0.477. The van der Waals surface area contributed by atoms with Gasteiger partial charge >= 0.3 is 0 Å². The van der Waals surface area contributed by atoms with Crippen LogP contribution >= 0.6 is 0 Å². The van der Waals surface area contributed by atoms with Gasteiger partial charge in [-0.25, -0.2) is 13.8 Å². The van der Waals surface area contributed by atoms with Crippen LogP contribution in [-0.4, -0.2) is 31.0 Å². The number of sulfonamides is 1. The van der Waals surface area contributed by atoms with Crippen LogP contribution in [0.25, 0.3) is 0 Å². The van der Waals surface area contributed by atoms with Gasteiger partial charge in [0.15, 0.2) is 5.82 Å².